The van der Waals surface area contributed by atoms with Gasteiger partial charge in [-0.2, -0.15) is 0 Å². The molecular weight excluding hydrogens is 208 g/mol. The number of nitrogens with zero attached hydrogens (tertiary/aromatic N) is 1. The molecule has 86 valence electrons. The fourth-order valence-corrected chi connectivity index (χ4v) is 1.79. The second-order valence-electron chi connectivity index (χ2n) is 4.12. The molecule has 0 aliphatic rings. The van der Waals surface area contributed by atoms with Gasteiger partial charge in [-0.15, -0.1) is 6.42 Å². The number of benzene rings is 1. The summed E-state index contributed by atoms with van der Waals surface area (Å²) >= 11 is 0. The van der Waals surface area contributed by atoms with Crippen LogP contribution in [0.2, 0.25) is 0 Å². The highest BCUT2D eigenvalue weighted by molar-refractivity contribution is 5.81. The van der Waals surface area contributed by atoms with Gasteiger partial charge < -0.3 is 5.32 Å². The molecule has 0 aliphatic heterocycles. The molecule has 0 saturated carbocycles. The molecule has 0 fully saturated rings. The van der Waals surface area contributed by atoms with E-state index in [1.54, 1.807) is 0 Å². The number of aryl methyl sites for hydroxylation is 1. The number of hydrogen-bond acceptors (Lipinski definition) is 2. The molecule has 1 aromatic heterocycles. The van der Waals surface area contributed by atoms with Gasteiger partial charge in [0.1, 0.15) is 5.82 Å². The summed E-state index contributed by atoms with van der Waals surface area (Å²) < 4.78 is 0. The van der Waals surface area contributed by atoms with Crippen LogP contribution in [0.1, 0.15) is 18.9 Å². The Kier molecular flexibility index (Phi) is 3.30. The third-order valence-corrected chi connectivity index (χ3v) is 2.83. The summed E-state index contributed by atoms with van der Waals surface area (Å²) in [6.45, 7) is 4.11. The van der Waals surface area contributed by atoms with Crippen LogP contribution in [0.4, 0.5) is 5.82 Å². The van der Waals surface area contributed by atoms with Crippen LogP contribution in [-0.4, -0.2) is 11.0 Å². The summed E-state index contributed by atoms with van der Waals surface area (Å²) in [5.74, 6) is 3.61. The van der Waals surface area contributed by atoms with Crippen molar-refractivity contribution in [1.82, 2.24) is 4.98 Å². The Morgan fingerprint density at radius 3 is 2.88 bits per heavy atom. The van der Waals surface area contributed by atoms with Crippen LogP contribution in [0.25, 0.3) is 10.9 Å². The molecule has 0 bridgehead atoms. The predicted octanol–water partition coefficient (Wildman–Crippen LogP) is 3.37. The minimum atomic E-state index is 0.0439. The van der Waals surface area contributed by atoms with Crippen molar-refractivity contribution in [2.75, 3.05) is 5.32 Å². The van der Waals surface area contributed by atoms with Crippen molar-refractivity contribution < 1.29 is 0 Å². The van der Waals surface area contributed by atoms with Crippen molar-refractivity contribution in [2.45, 2.75) is 26.3 Å². The number of anilines is 1. The summed E-state index contributed by atoms with van der Waals surface area (Å²) in [5, 5.41) is 4.45. The van der Waals surface area contributed by atoms with Crippen LogP contribution < -0.4 is 5.32 Å². The molecule has 17 heavy (non-hydrogen) atoms. The van der Waals surface area contributed by atoms with Gasteiger partial charge >= 0.3 is 0 Å². The van der Waals surface area contributed by atoms with Crippen molar-refractivity contribution in [3.63, 3.8) is 0 Å². The van der Waals surface area contributed by atoms with E-state index in [0.717, 1.165) is 28.7 Å². The lowest BCUT2D eigenvalue weighted by atomic mass is 10.1. The Morgan fingerprint density at radius 2 is 2.18 bits per heavy atom. The minimum Gasteiger partial charge on any atom is -0.356 e. The highest BCUT2D eigenvalue weighted by Crippen LogP contribution is 2.20. The first-order valence-electron chi connectivity index (χ1n) is 5.83. The first-order valence-corrected chi connectivity index (χ1v) is 5.83. The van der Waals surface area contributed by atoms with E-state index in [9.17, 15) is 0 Å². The summed E-state index contributed by atoms with van der Waals surface area (Å²) in [7, 11) is 0. The standard InChI is InChI=1S/C15H16N2/c1-4-13(5-2)16-15-11(3)10-12-8-6-7-9-14(12)17-15/h1,6-10,13H,5H2,2-3H3,(H,16,17). The van der Waals surface area contributed by atoms with E-state index in [-0.39, 0.29) is 6.04 Å². The lowest BCUT2D eigenvalue weighted by molar-refractivity contribution is 0.850. The zero-order valence-electron chi connectivity index (χ0n) is 10.2. The van der Waals surface area contributed by atoms with Gasteiger partial charge in [0.2, 0.25) is 0 Å². The van der Waals surface area contributed by atoms with E-state index in [2.05, 4.69) is 35.3 Å². The Morgan fingerprint density at radius 1 is 1.41 bits per heavy atom. The molecule has 1 unspecified atom stereocenters. The van der Waals surface area contributed by atoms with E-state index in [4.69, 9.17) is 6.42 Å². The van der Waals surface area contributed by atoms with Crippen molar-refractivity contribution in [3.05, 3.63) is 35.9 Å². The summed E-state index contributed by atoms with van der Waals surface area (Å²) in [6, 6.07) is 10.3. The lowest BCUT2D eigenvalue weighted by Gasteiger charge is -2.14. The number of nitrogens with one attached hydrogen (secondary N) is 1. The van der Waals surface area contributed by atoms with Crippen LogP contribution in [0.3, 0.4) is 0 Å². The van der Waals surface area contributed by atoms with Gasteiger partial charge in [0.25, 0.3) is 0 Å². The molecule has 0 aliphatic carbocycles. The molecule has 0 radical (unpaired) electrons. The normalized spacial score (nSPS) is 12.1. The van der Waals surface area contributed by atoms with Gasteiger partial charge in [-0.25, -0.2) is 4.98 Å². The monoisotopic (exact) mass is 224 g/mol. The van der Waals surface area contributed by atoms with Crippen molar-refractivity contribution in [3.8, 4) is 12.3 Å². The fraction of sp³-hybridized carbons (Fsp3) is 0.267. The molecule has 1 atom stereocenters. The highest BCUT2D eigenvalue weighted by atomic mass is 15.0. The van der Waals surface area contributed by atoms with Crippen LogP contribution in [0.5, 0.6) is 0 Å². The highest BCUT2D eigenvalue weighted by Gasteiger charge is 2.06. The molecule has 2 heteroatoms. The number of aromatic nitrogens is 1. The maximum Gasteiger partial charge on any atom is 0.130 e. The van der Waals surface area contributed by atoms with E-state index < -0.39 is 0 Å². The molecule has 0 saturated heterocycles. The first kappa shape index (κ1) is 11.5. The topological polar surface area (TPSA) is 24.9 Å². The zero-order valence-corrected chi connectivity index (χ0v) is 10.2. The molecule has 0 amide bonds. The van der Waals surface area contributed by atoms with Gasteiger partial charge in [-0.3, -0.25) is 0 Å². The molecule has 2 aromatic rings. The predicted molar refractivity (Wildman–Crippen MR) is 73.0 cm³/mol. The minimum absolute atomic E-state index is 0.0439. The van der Waals surface area contributed by atoms with Gasteiger partial charge in [-0.1, -0.05) is 31.0 Å². The molecule has 1 heterocycles. The van der Waals surface area contributed by atoms with Gasteiger partial charge in [0, 0.05) is 5.39 Å². The Bertz CT molecular complexity index is 567. The number of terminal acetylenes is 1. The van der Waals surface area contributed by atoms with E-state index >= 15 is 0 Å². The summed E-state index contributed by atoms with van der Waals surface area (Å²) in [6.07, 6.45) is 6.35. The molecule has 1 aromatic carbocycles. The number of fused-ring (bicyclic) bond motifs is 1. The number of rotatable bonds is 3. The number of pyridine rings is 1. The Labute approximate surface area is 102 Å². The van der Waals surface area contributed by atoms with Crippen LogP contribution >= 0.6 is 0 Å². The second kappa shape index (κ2) is 4.88. The average molecular weight is 224 g/mol. The molecular formula is C15H16N2. The van der Waals surface area contributed by atoms with Crippen LogP contribution in [0, 0.1) is 19.3 Å². The van der Waals surface area contributed by atoms with E-state index in [0.29, 0.717) is 0 Å². The van der Waals surface area contributed by atoms with Gasteiger partial charge in [-0.05, 0) is 31.0 Å². The SMILES string of the molecule is C#CC(CC)Nc1nc2ccccc2cc1C. The average Bonchev–Trinajstić information content (AvgIpc) is 2.36. The quantitative estimate of drug-likeness (QED) is 0.808. The molecule has 1 N–H and O–H groups in total. The summed E-state index contributed by atoms with van der Waals surface area (Å²) in [4.78, 5) is 4.60. The van der Waals surface area contributed by atoms with Crippen LogP contribution in [0.15, 0.2) is 30.3 Å². The Balaban J connectivity index is 2.41. The largest absolute Gasteiger partial charge is 0.356 e. The number of hydrogen-bond donors (Lipinski definition) is 1. The van der Waals surface area contributed by atoms with Crippen molar-refractivity contribution in [1.29, 1.82) is 0 Å². The number of para-hydroxylation sites is 1. The smallest absolute Gasteiger partial charge is 0.130 e. The van der Waals surface area contributed by atoms with E-state index in [1.165, 1.54) is 0 Å². The Hall–Kier alpha value is -2.01. The van der Waals surface area contributed by atoms with Gasteiger partial charge in [0.05, 0.1) is 11.6 Å². The third kappa shape index (κ3) is 2.39. The van der Waals surface area contributed by atoms with Gasteiger partial charge in [0.15, 0.2) is 0 Å². The first-order chi connectivity index (χ1) is 8.24. The lowest BCUT2D eigenvalue weighted by Crippen LogP contribution is -2.17. The molecule has 2 rings (SSSR count). The van der Waals surface area contributed by atoms with E-state index in [1.807, 2.05) is 25.1 Å². The maximum absolute atomic E-state index is 5.45. The summed E-state index contributed by atoms with van der Waals surface area (Å²) in [5.41, 5.74) is 2.12. The maximum atomic E-state index is 5.45. The molecule has 2 nitrogen and oxygen atoms in total. The van der Waals surface area contributed by atoms with Crippen molar-refractivity contribution >= 4 is 16.7 Å². The van der Waals surface area contributed by atoms with Crippen molar-refractivity contribution in [2.24, 2.45) is 0 Å². The molecule has 0 spiro atoms. The fourth-order valence-electron chi connectivity index (χ4n) is 1.79. The zero-order chi connectivity index (χ0) is 12.3. The second-order valence-corrected chi connectivity index (χ2v) is 4.12. The van der Waals surface area contributed by atoms with Crippen LogP contribution in [-0.2, 0) is 0 Å². The third-order valence-electron chi connectivity index (χ3n) is 2.83.